The number of hydrogen-bond donors (Lipinski definition) is 1. The Balaban J connectivity index is 2.23. The lowest BCUT2D eigenvalue weighted by atomic mass is 10.1. The molecule has 5 heteroatoms. The molecule has 0 aromatic heterocycles. The van der Waals surface area contributed by atoms with E-state index in [1.807, 2.05) is 35.6 Å². The van der Waals surface area contributed by atoms with E-state index >= 15 is 0 Å². The van der Waals surface area contributed by atoms with E-state index in [4.69, 9.17) is 0 Å². The number of amides is 1. The van der Waals surface area contributed by atoms with Gasteiger partial charge >= 0.3 is 0 Å². The maximum atomic E-state index is 13.0. The molecule has 0 aliphatic heterocycles. The van der Waals surface area contributed by atoms with Gasteiger partial charge in [-0.1, -0.05) is 22.0 Å². The molecular formula is C14H10BrFINO. The van der Waals surface area contributed by atoms with Crippen LogP contribution in [0.3, 0.4) is 0 Å². The topological polar surface area (TPSA) is 29.1 Å². The third-order valence-electron chi connectivity index (χ3n) is 2.61. The summed E-state index contributed by atoms with van der Waals surface area (Å²) in [5, 5.41) is 2.77. The first-order valence-electron chi connectivity index (χ1n) is 5.50. The van der Waals surface area contributed by atoms with E-state index in [0.717, 1.165) is 10.0 Å². The molecule has 0 radical (unpaired) electrons. The second-order valence-electron chi connectivity index (χ2n) is 4.04. The van der Waals surface area contributed by atoms with Crippen molar-refractivity contribution in [1.82, 2.24) is 0 Å². The molecule has 1 amide bonds. The number of carbonyl (C=O) groups is 1. The van der Waals surface area contributed by atoms with Gasteiger partial charge in [-0.2, -0.15) is 0 Å². The minimum Gasteiger partial charge on any atom is -0.321 e. The molecule has 0 aliphatic carbocycles. The Bertz CT molecular complexity index is 645. The molecule has 98 valence electrons. The van der Waals surface area contributed by atoms with Crippen LogP contribution in [0.1, 0.15) is 15.9 Å². The first kappa shape index (κ1) is 14.5. The Morgan fingerprint density at radius 3 is 2.63 bits per heavy atom. The molecule has 0 aliphatic rings. The normalized spacial score (nSPS) is 10.3. The smallest absolute Gasteiger partial charge is 0.255 e. The van der Waals surface area contributed by atoms with Crippen LogP contribution in [0.2, 0.25) is 0 Å². The molecule has 0 spiro atoms. The van der Waals surface area contributed by atoms with Crippen molar-refractivity contribution >= 4 is 50.1 Å². The zero-order valence-corrected chi connectivity index (χ0v) is 13.7. The van der Waals surface area contributed by atoms with E-state index in [1.165, 1.54) is 12.1 Å². The molecular weight excluding hydrogens is 424 g/mol. The summed E-state index contributed by atoms with van der Waals surface area (Å²) >= 11 is 5.38. The van der Waals surface area contributed by atoms with Crippen LogP contribution in [-0.2, 0) is 0 Å². The monoisotopic (exact) mass is 433 g/mol. The molecule has 2 aromatic carbocycles. The molecule has 0 bridgehead atoms. The molecule has 0 atom stereocenters. The molecule has 2 rings (SSSR count). The Kier molecular flexibility index (Phi) is 4.57. The number of carbonyl (C=O) groups excluding carboxylic acids is 1. The lowest BCUT2D eigenvalue weighted by Crippen LogP contribution is -2.13. The van der Waals surface area contributed by atoms with Gasteiger partial charge in [0.15, 0.2) is 0 Å². The van der Waals surface area contributed by atoms with Gasteiger partial charge in [-0.3, -0.25) is 4.79 Å². The fraction of sp³-hybridized carbons (Fsp3) is 0.0714. The zero-order valence-electron chi connectivity index (χ0n) is 10.0. The summed E-state index contributed by atoms with van der Waals surface area (Å²) in [5.74, 6) is -0.536. The first-order valence-corrected chi connectivity index (χ1v) is 7.37. The van der Waals surface area contributed by atoms with Gasteiger partial charge in [0.2, 0.25) is 0 Å². The van der Waals surface area contributed by atoms with Crippen LogP contribution in [-0.4, -0.2) is 5.91 Å². The highest BCUT2D eigenvalue weighted by molar-refractivity contribution is 14.1. The Labute approximate surface area is 132 Å². The van der Waals surface area contributed by atoms with Crippen LogP contribution in [0.15, 0.2) is 40.9 Å². The van der Waals surface area contributed by atoms with Gasteiger partial charge in [0, 0.05) is 13.6 Å². The third kappa shape index (κ3) is 3.54. The zero-order chi connectivity index (χ0) is 14.0. The highest BCUT2D eigenvalue weighted by atomic mass is 127. The van der Waals surface area contributed by atoms with Crippen LogP contribution in [0, 0.1) is 16.3 Å². The lowest BCUT2D eigenvalue weighted by molar-refractivity contribution is 0.102. The van der Waals surface area contributed by atoms with Crippen molar-refractivity contribution in [2.24, 2.45) is 0 Å². The molecule has 0 unspecified atom stereocenters. The van der Waals surface area contributed by atoms with Crippen LogP contribution in [0.4, 0.5) is 10.1 Å². The summed E-state index contributed by atoms with van der Waals surface area (Å²) in [5.41, 5.74) is 2.22. The fourth-order valence-electron chi connectivity index (χ4n) is 1.52. The quantitative estimate of drug-likeness (QED) is 0.680. The van der Waals surface area contributed by atoms with Gasteiger partial charge in [0.05, 0.1) is 5.69 Å². The van der Waals surface area contributed by atoms with Gasteiger partial charge < -0.3 is 5.32 Å². The van der Waals surface area contributed by atoms with Crippen molar-refractivity contribution in [3.63, 3.8) is 0 Å². The maximum absolute atomic E-state index is 13.0. The van der Waals surface area contributed by atoms with Crippen LogP contribution in [0.5, 0.6) is 0 Å². The van der Waals surface area contributed by atoms with Crippen molar-refractivity contribution < 1.29 is 9.18 Å². The minimum absolute atomic E-state index is 0.217. The Morgan fingerprint density at radius 1 is 1.26 bits per heavy atom. The molecule has 0 fully saturated rings. The second kappa shape index (κ2) is 6.00. The van der Waals surface area contributed by atoms with Gasteiger partial charge in [0.25, 0.3) is 5.91 Å². The predicted octanol–water partition coefficient (Wildman–Crippen LogP) is 4.75. The second-order valence-corrected chi connectivity index (χ2v) is 6.06. The number of aryl methyl sites for hydroxylation is 1. The van der Waals surface area contributed by atoms with Crippen LogP contribution < -0.4 is 5.32 Å². The van der Waals surface area contributed by atoms with E-state index in [1.54, 1.807) is 18.2 Å². The SMILES string of the molecule is Cc1ccc(C(=O)Nc2ccc(F)cc2I)cc1Br. The molecule has 0 saturated heterocycles. The lowest BCUT2D eigenvalue weighted by Gasteiger charge is -2.08. The van der Waals surface area contributed by atoms with Crippen molar-refractivity contribution in [3.05, 3.63) is 61.4 Å². The van der Waals surface area contributed by atoms with E-state index in [0.29, 0.717) is 14.8 Å². The Hall–Kier alpha value is -0.950. The largest absolute Gasteiger partial charge is 0.321 e. The number of halogens is 3. The van der Waals surface area contributed by atoms with Crippen molar-refractivity contribution in [2.45, 2.75) is 6.92 Å². The van der Waals surface area contributed by atoms with Gasteiger partial charge in [0.1, 0.15) is 5.82 Å². The molecule has 0 heterocycles. The molecule has 1 N–H and O–H groups in total. The van der Waals surface area contributed by atoms with Crippen LogP contribution >= 0.6 is 38.5 Å². The van der Waals surface area contributed by atoms with E-state index in [-0.39, 0.29) is 11.7 Å². The predicted molar refractivity (Wildman–Crippen MR) is 85.9 cm³/mol. The molecule has 2 nitrogen and oxygen atoms in total. The molecule has 19 heavy (non-hydrogen) atoms. The van der Waals surface area contributed by atoms with Crippen LogP contribution in [0.25, 0.3) is 0 Å². The summed E-state index contributed by atoms with van der Waals surface area (Å²) < 4.78 is 14.5. The van der Waals surface area contributed by atoms with Crippen molar-refractivity contribution in [1.29, 1.82) is 0 Å². The van der Waals surface area contributed by atoms with E-state index in [2.05, 4.69) is 21.2 Å². The average Bonchev–Trinajstić information content (AvgIpc) is 2.36. The first-order chi connectivity index (χ1) is 8.97. The number of benzene rings is 2. The van der Waals surface area contributed by atoms with E-state index in [9.17, 15) is 9.18 Å². The summed E-state index contributed by atoms with van der Waals surface area (Å²) in [7, 11) is 0. The fourth-order valence-corrected chi connectivity index (χ4v) is 2.51. The summed E-state index contributed by atoms with van der Waals surface area (Å²) in [6, 6.07) is 9.64. The minimum atomic E-state index is -0.319. The van der Waals surface area contributed by atoms with Gasteiger partial charge in [-0.25, -0.2) is 4.39 Å². The summed E-state index contributed by atoms with van der Waals surface area (Å²) in [4.78, 5) is 12.1. The van der Waals surface area contributed by atoms with Gasteiger partial charge in [-0.05, 0) is 65.4 Å². The van der Waals surface area contributed by atoms with E-state index < -0.39 is 0 Å². The summed E-state index contributed by atoms with van der Waals surface area (Å²) in [6.45, 7) is 1.95. The standard InChI is InChI=1S/C14H10BrFINO/c1-8-2-3-9(6-11(8)15)14(19)18-13-5-4-10(16)7-12(13)17/h2-7H,1H3,(H,18,19). The molecule has 2 aromatic rings. The number of hydrogen-bond acceptors (Lipinski definition) is 1. The number of rotatable bonds is 2. The maximum Gasteiger partial charge on any atom is 0.255 e. The Morgan fingerprint density at radius 2 is 2.00 bits per heavy atom. The highest BCUT2D eigenvalue weighted by Gasteiger charge is 2.10. The highest BCUT2D eigenvalue weighted by Crippen LogP contribution is 2.21. The average molecular weight is 434 g/mol. The van der Waals surface area contributed by atoms with Gasteiger partial charge in [-0.15, -0.1) is 0 Å². The third-order valence-corrected chi connectivity index (χ3v) is 4.36. The van der Waals surface area contributed by atoms with Crippen molar-refractivity contribution in [2.75, 3.05) is 5.32 Å². The summed E-state index contributed by atoms with van der Waals surface area (Å²) in [6.07, 6.45) is 0. The molecule has 0 saturated carbocycles. The number of anilines is 1. The number of nitrogens with one attached hydrogen (secondary N) is 1. The van der Waals surface area contributed by atoms with Crippen molar-refractivity contribution in [3.8, 4) is 0 Å².